The van der Waals surface area contributed by atoms with Gasteiger partial charge in [-0.3, -0.25) is 5.84 Å². The van der Waals surface area contributed by atoms with Crippen LogP contribution in [-0.4, -0.2) is 50.6 Å². The number of nitrogens with two attached hydrogens (primary N) is 2. The highest BCUT2D eigenvalue weighted by atomic mass is 19.1. The smallest absolute Gasteiger partial charge is 0.147 e. The van der Waals surface area contributed by atoms with E-state index in [9.17, 15) is 0 Å². The quantitative estimate of drug-likeness (QED) is 0.763. The normalized spacial score (nSPS) is 27.2. The Balaban J connectivity index is 1.67. The molecule has 0 amide bonds. The van der Waals surface area contributed by atoms with Crippen molar-refractivity contribution < 1.29 is 9.13 Å². The summed E-state index contributed by atoms with van der Waals surface area (Å²) in [5.41, 5.74) is 10.3. The highest BCUT2D eigenvalue weighted by Crippen LogP contribution is 2.44. The Morgan fingerprint density at radius 1 is 1.30 bits per heavy atom. The van der Waals surface area contributed by atoms with Gasteiger partial charge in [-0.15, -0.1) is 0 Å². The number of nitrogens with zero attached hydrogens (tertiary/aromatic N) is 3. The number of ether oxygens (including phenoxy) is 1. The number of hydrogen-bond acceptors (Lipinski definition) is 6. The molecule has 3 aliphatic rings. The minimum absolute atomic E-state index is 0.0234. The molecule has 1 saturated carbocycles. The van der Waals surface area contributed by atoms with Crippen molar-refractivity contribution >= 4 is 11.4 Å². The van der Waals surface area contributed by atoms with E-state index in [1.807, 2.05) is 0 Å². The van der Waals surface area contributed by atoms with Gasteiger partial charge in [0.15, 0.2) is 0 Å². The van der Waals surface area contributed by atoms with Gasteiger partial charge in [0.25, 0.3) is 0 Å². The predicted octanol–water partition coefficient (Wildman–Crippen LogP) is 1.80. The van der Waals surface area contributed by atoms with Gasteiger partial charge in [0.05, 0.1) is 19.0 Å². The summed E-state index contributed by atoms with van der Waals surface area (Å²) in [6.45, 7) is 7.70. The highest BCUT2D eigenvalue weighted by molar-refractivity contribution is 5.73. The van der Waals surface area contributed by atoms with Crippen LogP contribution in [-0.2, 0) is 11.3 Å². The lowest BCUT2D eigenvalue weighted by molar-refractivity contribution is 0.152. The van der Waals surface area contributed by atoms with Crippen molar-refractivity contribution in [2.75, 3.05) is 43.3 Å². The molecule has 4 N–H and O–H groups in total. The van der Waals surface area contributed by atoms with Gasteiger partial charge in [0.2, 0.25) is 0 Å². The van der Waals surface area contributed by atoms with Crippen molar-refractivity contribution in [1.29, 1.82) is 0 Å². The molecule has 0 bridgehead atoms. The van der Waals surface area contributed by atoms with Gasteiger partial charge in [-0.05, 0) is 48.8 Å². The van der Waals surface area contributed by atoms with E-state index in [4.69, 9.17) is 16.3 Å². The van der Waals surface area contributed by atoms with Crippen LogP contribution in [0.25, 0.3) is 0 Å². The molecule has 3 atom stereocenters. The Bertz CT molecular complexity index is 710. The zero-order chi connectivity index (χ0) is 19.3. The fraction of sp³-hybridized carbons (Fsp3) is 0.700. The summed E-state index contributed by atoms with van der Waals surface area (Å²) in [7, 11) is 1.68. The summed E-state index contributed by atoms with van der Waals surface area (Å²) < 4.78 is 20.4. The molecular weight excluding hydrogens is 345 g/mol. The second-order valence-electron chi connectivity index (χ2n) is 8.59. The first-order chi connectivity index (χ1) is 12.9. The van der Waals surface area contributed by atoms with Crippen LogP contribution in [0.4, 0.5) is 15.8 Å². The largest absolute Gasteiger partial charge is 0.383 e. The third kappa shape index (κ3) is 3.42. The minimum Gasteiger partial charge on any atom is -0.383 e. The van der Waals surface area contributed by atoms with Crippen LogP contribution in [0.2, 0.25) is 0 Å². The van der Waals surface area contributed by atoms with E-state index in [-0.39, 0.29) is 11.9 Å². The number of halogens is 1. The molecule has 2 fully saturated rings. The van der Waals surface area contributed by atoms with Crippen molar-refractivity contribution in [3.05, 3.63) is 23.0 Å². The van der Waals surface area contributed by atoms with E-state index in [1.165, 1.54) is 18.5 Å². The highest BCUT2D eigenvalue weighted by Gasteiger charge is 2.39. The number of fused-ring (bicyclic) bond motifs is 1. The van der Waals surface area contributed by atoms with Gasteiger partial charge < -0.3 is 20.3 Å². The van der Waals surface area contributed by atoms with E-state index in [1.54, 1.807) is 18.2 Å². The van der Waals surface area contributed by atoms with Gasteiger partial charge in [-0.2, -0.15) is 0 Å². The maximum atomic E-state index is 15.2. The minimum atomic E-state index is -0.148. The number of methoxy groups -OCH3 is 1. The van der Waals surface area contributed by atoms with Gasteiger partial charge in [0, 0.05) is 44.5 Å². The molecule has 2 aliphatic heterocycles. The first kappa shape index (κ1) is 18.9. The van der Waals surface area contributed by atoms with Crippen LogP contribution in [0.3, 0.4) is 0 Å². The molecule has 0 unspecified atom stereocenters. The number of rotatable bonds is 5. The Hall–Kier alpha value is -1.41. The molecule has 0 aromatic heterocycles. The predicted molar refractivity (Wildman–Crippen MR) is 106 cm³/mol. The van der Waals surface area contributed by atoms with Crippen LogP contribution in [0.15, 0.2) is 6.07 Å². The Labute approximate surface area is 161 Å². The summed E-state index contributed by atoms with van der Waals surface area (Å²) >= 11 is 0. The van der Waals surface area contributed by atoms with E-state index in [2.05, 4.69) is 23.6 Å². The molecule has 1 aliphatic carbocycles. The zero-order valence-electron chi connectivity index (χ0n) is 16.6. The second kappa shape index (κ2) is 7.20. The zero-order valence-corrected chi connectivity index (χ0v) is 16.6. The van der Waals surface area contributed by atoms with E-state index < -0.39 is 0 Å². The van der Waals surface area contributed by atoms with Crippen molar-refractivity contribution in [2.45, 2.75) is 45.3 Å². The summed E-state index contributed by atoms with van der Waals surface area (Å²) in [6.07, 6.45) is 2.38. The molecule has 0 radical (unpaired) electrons. The molecule has 7 heteroatoms. The first-order valence-corrected chi connectivity index (χ1v) is 9.98. The second-order valence-corrected chi connectivity index (χ2v) is 8.59. The molecule has 150 valence electrons. The Morgan fingerprint density at radius 3 is 2.70 bits per heavy atom. The summed E-state index contributed by atoms with van der Waals surface area (Å²) in [4.78, 5) is 4.56. The average Bonchev–Trinajstić information content (AvgIpc) is 3.37. The van der Waals surface area contributed by atoms with Gasteiger partial charge in [-0.1, -0.05) is 6.92 Å². The number of hydrogen-bond donors (Lipinski definition) is 2. The van der Waals surface area contributed by atoms with Gasteiger partial charge in [-0.25, -0.2) is 9.40 Å². The molecule has 6 nitrogen and oxygen atoms in total. The van der Waals surface area contributed by atoms with Crippen molar-refractivity contribution in [2.24, 2.45) is 23.4 Å². The van der Waals surface area contributed by atoms with Crippen LogP contribution in [0, 0.1) is 24.6 Å². The topological polar surface area (TPSA) is 71.0 Å². The summed E-state index contributed by atoms with van der Waals surface area (Å²) in [6, 6.07) is 2.20. The lowest BCUT2D eigenvalue weighted by Gasteiger charge is -2.39. The van der Waals surface area contributed by atoms with Crippen LogP contribution >= 0.6 is 0 Å². The maximum absolute atomic E-state index is 15.2. The number of hydrazine groups is 1. The summed E-state index contributed by atoms with van der Waals surface area (Å²) in [5, 5.41) is 1.77. The first-order valence-electron chi connectivity index (χ1n) is 9.98. The lowest BCUT2D eigenvalue weighted by Crippen LogP contribution is -2.47. The average molecular weight is 378 g/mol. The van der Waals surface area contributed by atoms with E-state index >= 15 is 4.39 Å². The van der Waals surface area contributed by atoms with Gasteiger partial charge >= 0.3 is 0 Å². The van der Waals surface area contributed by atoms with E-state index in [0.29, 0.717) is 37.7 Å². The third-order valence-corrected chi connectivity index (χ3v) is 6.42. The maximum Gasteiger partial charge on any atom is 0.147 e. The Morgan fingerprint density at radius 2 is 2.04 bits per heavy atom. The van der Waals surface area contributed by atoms with Crippen LogP contribution < -0.4 is 21.4 Å². The molecule has 1 aromatic rings. The van der Waals surface area contributed by atoms with Crippen molar-refractivity contribution in [1.82, 2.24) is 5.01 Å². The van der Waals surface area contributed by atoms with Crippen LogP contribution in [0.1, 0.15) is 30.9 Å². The van der Waals surface area contributed by atoms with Crippen molar-refractivity contribution in [3.8, 4) is 0 Å². The number of anilines is 2. The fourth-order valence-electron chi connectivity index (χ4n) is 5.00. The van der Waals surface area contributed by atoms with Crippen molar-refractivity contribution in [3.63, 3.8) is 0 Å². The monoisotopic (exact) mass is 377 g/mol. The molecule has 2 heterocycles. The molecule has 27 heavy (non-hydrogen) atoms. The fourth-order valence-corrected chi connectivity index (χ4v) is 5.00. The molecule has 1 saturated heterocycles. The van der Waals surface area contributed by atoms with E-state index in [0.717, 1.165) is 29.9 Å². The third-order valence-electron chi connectivity index (χ3n) is 6.42. The molecule has 4 rings (SSSR count). The standard InChI is InChI=1S/C20H32FN5O/c1-12-7-24(9-16(12)18(22)10-27-3)20-13(2)19-14(6-17(20)21)8-25(23)11-26(19)15-4-5-15/h6,12,15-16,18H,4-5,7-11,22-23H2,1-3H3/t12-,16+,18+/m1/s1. The van der Waals surface area contributed by atoms with Gasteiger partial charge in [0.1, 0.15) is 5.82 Å². The Kier molecular flexibility index (Phi) is 5.05. The number of benzene rings is 1. The summed E-state index contributed by atoms with van der Waals surface area (Å²) in [5.74, 6) is 6.66. The molecular formula is C20H32FN5O. The molecule has 0 spiro atoms. The molecule has 1 aromatic carbocycles. The van der Waals surface area contributed by atoms with Crippen LogP contribution in [0.5, 0.6) is 0 Å². The lowest BCUT2D eigenvalue weighted by atomic mass is 9.91. The SMILES string of the molecule is COC[C@H](N)[C@H]1CN(c2c(F)cc3c(c2C)N(C2CC2)CN(N)C3)C[C@H]1C.